The Morgan fingerprint density at radius 2 is 1.65 bits per heavy atom. The maximum absolute atomic E-state index is 13.3. The van der Waals surface area contributed by atoms with Gasteiger partial charge in [0.2, 0.25) is 15.9 Å². The van der Waals surface area contributed by atoms with Gasteiger partial charge >= 0.3 is 0 Å². The van der Waals surface area contributed by atoms with Gasteiger partial charge in [-0.3, -0.25) is 9.78 Å². The lowest BCUT2D eigenvalue weighted by Crippen LogP contribution is -2.40. The Bertz CT molecular complexity index is 1150. The third-order valence-corrected chi connectivity index (χ3v) is 7.11. The molecule has 1 heterocycles. The molecule has 1 aromatic heterocycles. The van der Waals surface area contributed by atoms with Gasteiger partial charge in [0.25, 0.3) is 0 Å². The molecule has 162 valence electrons. The first-order valence-corrected chi connectivity index (χ1v) is 11.6. The van der Waals surface area contributed by atoms with Crippen molar-refractivity contribution in [1.82, 2.24) is 14.6 Å². The molecule has 0 radical (unpaired) electrons. The number of carbonyl (C=O) groups excluding carboxylic acids is 1. The van der Waals surface area contributed by atoms with Crippen molar-refractivity contribution in [3.05, 3.63) is 93.7 Å². The fraction of sp³-hybridized carbons (Fsp3) is 0.182. The van der Waals surface area contributed by atoms with Gasteiger partial charge in [-0.15, -0.1) is 0 Å². The third kappa shape index (κ3) is 6.27. The Morgan fingerprint density at radius 3 is 2.29 bits per heavy atom. The second-order valence-corrected chi connectivity index (χ2v) is 9.72. The lowest BCUT2D eigenvalue weighted by Gasteiger charge is -2.22. The smallest absolute Gasteiger partial charge is 0.243 e. The number of sulfonamides is 1. The van der Waals surface area contributed by atoms with Gasteiger partial charge in [-0.1, -0.05) is 47.0 Å². The number of nitrogens with zero attached hydrogens (tertiary/aromatic N) is 2. The summed E-state index contributed by atoms with van der Waals surface area (Å²) in [4.78, 5) is 16.6. The number of pyridine rings is 1. The van der Waals surface area contributed by atoms with E-state index in [-0.39, 0.29) is 24.5 Å². The molecule has 0 bridgehead atoms. The van der Waals surface area contributed by atoms with Crippen LogP contribution in [0.15, 0.2) is 71.9 Å². The Kier molecular flexibility index (Phi) is 7.67. The molecule has 0 aliphatic carbocycles. The number of amides is 1. The number of aryl methyl sites for hydroxylation is 1. The van der Waals surface area contributed by atoms with E-state index in [1.54, 1.807) is 54.9 Å². The van der Waals surface area contributed by atoms with Crippen LogP contribution in [0.5, 0.6) is 0 Å². The summed E-state index contributed by atoms with van der Waals surface area (Å²) in [6.45, 7) is 1.76. The maximum atomic E-state index is 13.3. The first-order valence-electron chi connectivity index (χ1n) is 9.42. The zero-order chi connectivity index (χ0) is 22.4. The van der Waals surface area contributed by atoms with Crippen LogP contribution in [-0.2, 0) is 27.9 Å². The highest BCUT2D eigenvalue weighted by atomic mass is 35.5. The van der Waals surface area contributed by atoms with Crippen molar-refractivity contribution in [1.29, 1.82) is 0 Å². The summed E-state index contributed by atoms with van der Waals surface area (Å²) in [6.07, 6.45) is 3.25. The number of benzene rings is 2. The summed E-state index contributed by atoms with van der Waals surface area (Å²) in [5.74, 6) is -0.424. The van der Waals surface area contributed by atoms with E-state index in [0.717, 1.165) is 15.4 Å². The molecule has 0 spiro atoms. The van der Waals surface area contributed by atoms with Gasteiger partial charge in [0.15, 0.2) is 0 Å². The third-order valence-electron chi connectivity index (χ3n) is 4.56. The summed E-state index contributed by atoms with van der Waals surface area (Å²) >= 11 is 12.1. The van der Waals surface area contributed by atoms with Gasteiger partial charge in [0.05, 0.1) is 21.5 Å². The first kappa shape index (κ1) is 23.2. The van der Waals surface area contributed by atoms with Gasteiger partial charge in [0.1, 0.15) is 0 Å². The number of aromatic nitrogens is 1. The van der Waals surface area contributed by atoms with Crippen LogP contribution in [0.3, 0.4) is 0 Å². The Hall–Kier alpha value is -2.45. The number of hydrogen-bond donors (Lipinski definition) is 1. The summed E-state index contributed by atoms with van der Waals surface area (Å²) in [5, 5.41) is 3.43. The minimum Gasteiger partial charge on any atom is -0.351 e. The molecule has 3 aromatic rings. The van der Waals surface area contributed by atoms with E-state index in [0.29, 0.717) is 15.6 Å². The van der Waals surface area contributed by atoms with Gasteiger partial charge in [-0.2, -0.15) is 4.31 Å². The molecular weight excluding hydrogens is 457 g/mol. The van der Waals surface area contributed by atoms with Crippen LogP contribution in [-0.4, -0.2) is 30.2 Å². The van der Waals surface area contributed by atoms with Crippen molar-refractivity contribution in [3.8, 4) is 0 Å². The summed E-state index contributed by atoms with van der Waals surface area (Å²) in [6, 6.07) is 14.9. The summed E-state index contributed by atoms with van der Waals surface area (Å²) < 4.78 is 27.7. The molecular formula is C22H21Cl2N3O3S. The van der Waals surface area contributed by atoms with E-state index in [1.807, 2.05) is 6.92 Å². The molecule has 0 atom stereocenters. The zero-order valence-electron chi connectivity index (χ0n) is 16.8. The van der Waals surface area contributed by atoms with Crippen molar-refractivity contribution >= 4 is 39.1 Å². The highest BCUT2D eigenvalue weighted by Crippen LogP contribution is 2.25. The van der Waals surface area contributed by atoms with Gasteiger partial charge in [-0.05, 0) is 54.4 Å². The standard InChI is InChI=1S/C22H21Cl2N3O3S/c1-16-2-5-19(6-3-16)31(29,30)27(14-18-4-7-20(23)21(24)12-18)15-22(28)26-13-17-8-10-25-11-9-17/h2-12H,13-15H2,1H3,(H,26,28). The van der Waals surface area contributed by atoms with Crippen LogP contribution in [0.1, 0.15) is 16.7 Å². The van der Waals surface area contributed by atoms with Gasteiger partial charge in [0, 0.05) is 25.5 Å². The molecule has 3 rings (SSSR count). The van der Waals surface area contributed by atoms with E-state index in [1.165, 1.54) is 12.1 Å². The second kappa shape index (κ2) is 10.2. The Balaban J connectivity index is 1.83. The van der Waals surface area contributed by atoms with Gasteiger partial charge in [-0.25, -0.2) is 8.42 Å². The van der Waals surface area contributed by atoms with Gasteiger partial charge < -0.3 is 5.32 Å². The quantitative estimate of drug-likeness (QED) is 0.526. The monoisotopic (exact) mass is 477 g/mol. The lowest BCUT2D eigenvalue weighted by atomic mass is 10.2. The SMILES string of the molecule is Cc1ccc(S(=O)(=O)N(CC(=O)NCc2ccncc2)Cc2ccc(Cl)c(Cl)c2)cc1. The van der Waals surface area contributed by atoms with E-state index in [4.69, 9.17) is 23.2 Å². The fourth-order valence-electron chi connectivity index (χ4n) is 2.84. The number of halogens is 2. The molecule has 0 fully saturated rings. The molecule has 2 aromatic carbocycles. The Labute approximate surface area is 191 Å². The van der Waals surface area contributed by atoms with Crippen molar-refractivity contribution in [2.75, 3.05) is 6.54 Å². The predicted octanol–water partition coefficient (Wildman–Crippen LogP) is 4.20. The molecule has 9 heteroatoms. The largest absolute Gasteiger partial charge is 0.351 e. The maximum Gasteiger partial charge on any atom is 0.243 e. The number of rotatable bonds is 8. The van der Waals surface area contributed by atoms with E-state index in [2.05, 4.69) is 10.3 Å². The molecule has 0 unspecified atom stereocenters. The highest BCUT2D eigenvalue weighted by molar-refractivity contribution is 7.89. The average molecular weight is 478 g/mol. The molecule has 0 aliphatic heterocycles. The van der Waals surface area contributed by atoms with Crippen molar-refractivity contribution in [3.63, 3.8) is 0 Å². The van der Waals surface area contributed by atoms with Crippen LogP contribution < -0.4 is 5.32 Å². The number of carbonyl (C=O) groups is 1. The molecule has 31 heavy (non-hydrogen) atoms. The lowest BCUT2D eigenvalue weighted by molar-refractivity contribution is -0.121. The minimum absolute atomic E-state index is 0.0320. The Morgan fingerprint density at radius 1 is 0.968 bits per heavy atom. The molecule has 0 saturated carbocycles. The van der Waals surface area contributed by atoms with Crippen LogP contribution in [0, 0.1) is 6.92 Å². The van der Waals surface area contributed by atoms with Crippen LogP contribution in [0.25, 0.3) is 0 Å². The summed E-state index contributed by atoms with van der Waals surface area (Å²) in [7, 11) is -3.93. The van der Waals surface area contributed by atoms with Crippen LogP contribution in [0.4, 0.5) is 0 Å². The zero-order valence-corrected chi connectivity index (χ0v) is 19.1. The van der Waals surface area contributed by atoms with E-state index in [9.17, 15) is 13.2 Å². The summed E-state index contributed by atoms with van der Waals surface area (Å²) in [5.41, 5.74) is 2.41. The van der Waals surface area contributed by atoms with E-state index >= 15 is 0 Å². The molecule has 1 N–H and O–H groups in total. The van der Waals surface area contributed by atoms with Crippen molar-refractivity contribution < 1.29 is 13.2 Å². The first-order chi connectivity index (χ1) is 14.8. The predicted molar refractivity (Wildman–Crippen MR) is 121 cm³/mol. The van der Waals surface area contributed by atoms with E-state index < -0.39 is 15.9 Å². The van der Waals surface area contributed by atoms with Crippen molar-refractivity contribution in [2.24, 2.45) is 0 Å². The number of nitrogens with one attached hydrogen (secondary N) is 1. The number of hydrogen-bond acceptors (Lipinski definition) is 4. The van der Waals surface area contributed by atoms with Crippen LogP contribution in [0.2, 0.25) is 10.0 Å². The molecule has 0 aliphatic rings. The average Bonchev–Trinajstić information content (AvgIpc) is 2.75. The topological polar surface area (TPSA) is 79.4 Å². The normalized spacial score (nSPS) is 11.5. The molecule has 0 saturated heterocycles. The fourth-order valence-corrected chi connectivity index (χ4v) is 4.55. The second-order valence-electron chi connectivity index (χ2n) is 6.97. The minimum atomic E-state index is -3.93. The molecule has 6 nitrogen and oxygen atoms in total. The molecule has 1 amide bonds. The highest BCUT2D eigenvalue weighted by Gasteiger charge is 2.27. The van der Waals surface area contributed by atoms with Crippen LogP contribution >= 0.6 is 23.2 Å². The van der Waals surface area contributed by atoms with Crippen molar-refractivity contribution in [2.45, 2.75) is 24.9 Å².